The summed E-state index contributed by atoms with van der Waals surface area (Å²) in [6.45, 7) is 1.10. The fraction of sp³-hybridized carbons (Fsp3) is 0.291. The molecule has 0 aliphatic carbocycles. The molecule has 15 N–H and O–H groups in total. The molecule has 3 atom stereocenters. The number of nitrogens with zero attached hydrogens (tertiary/aromatic N) is 3. The average molecular weight is 1030 g/mol. The lowest BCUT2D eigenvalue weighted by atomic mass is 9.84. The highest BCUT2D eigenvalue weighted by Crippen LogP contribution is 2.35. The Kier molecular flexibility index (Phi) is 21.0. The van der Waals surface area contributed by atoms with Gasteiger partial charge in [-0.2, -0.15) is 0 Å². The number of nitrogens with one attached hydrogen (secondary N) is 3. The van der Waals surface area contributed by atoms with Crippen molar-refractivity contribution in [2.75, 3.05) is 35.6 Å². The number of pyridine rings is 3. The lowest BCUT2D eigenvalue weighted by Gasteiger charge is -2.27. The molecule has 3 aromatic heterocycles. The summed E-state index contributed by atoms with van der Waals surface area (Å²) in [4.78, 5) is 95.2. The van der Waals surface area contributed by atoms with E-state index in [0.29, 0.717) is 75.2 Å². The number of anilines is 3. The highest BCUT2D eigenvalue weighted by Gasteiger charge is 2.44. The first-order valence-electron chi connectivity index (χ1n) is 24.2. The number of carbonyl (C=O) groups is 6. The van der Waals surface area contributed by atoms with Crippen LogP contribution in [-0.2, 0) is 14.4 Å². The van der Waals surface area contributed by atoms with Crippen molar-refractivity contribution >= 4 is 64.5 Å². The normalized spacial score (nSPS) is 13.5. The number of hydrogen-bond donors (Lipinski definition) is 9. The zero-order chi connectivity index (χ0) is 52.4. The zero-order valence-electron chi connectivity index (χ0n) is 41.1. The van der Waals surface area contributed by atoms with E-state index >= 15 is 0 Å². The molecule has 0 saturated heterocycles. The number of rotatable bonds is 27. The maximum Gasteiger partial charge on any atom is 0.252 e. The molecule has 3 heterocycles. The topological polar surface area (TPSA) is 333 Å². The monoisotopic (exact) mass is 1020 g/mol. The van der Waals surface area contributed by atoms with E-state index in [1.807, 2.05) is 36.4 Å². The number of amides is 3. The van der Waals surface area contributed by atoms with E-state index in [1.165, 1.54) is 37.2 Å². The van der Waals surface area contributed by atoms with Crippen LogP contribution in [0.4, 0.5) is 17.1 Å². The van der Waals surface area contributed by atoms with E-state index in [9.17, 15) is 28.8 Å². The number of unbranched alkanes of at least 4 members (excludes halogenated alkanes) is 3. The van der Waals surface area contributed by atoms with Crippen LogP contribution in [0.1, 0.15) is 111 Å². The van der Waals surface area contributed by atoms with Crippen molar-refractivity contribution in [3.8, 4) is 0 Å². The molecule has 0 bridgehead atoms. The van der Waals surface area contributed by atoms with E-state index in [-0.39, 0.29) is 48.4 Å². The van der Waals surface area contributed by atoms with Gasteiger partial charge in [-0.15, -0.1) is 12.4 Å². The number of benzene rings is 3. The van der Waals surface area contributed by atoms with Crippen LogP contribution >= 0.6 is 12.4 Å². The molecule has 6 aromatic rings. The van der Waals surface area contributed by atoms with Gasteiger partial charge in [0, 0.05) is 76.9 Å². The molecule has 3 amide bonds. The van der Waals surface area contributed by atoms with Crippen molar-refractivity contribution in [1.82, 2.24) is 15.0 Å². The third-order valence-corrected chi connectivity index (χ3v) is 12.8. The third kappa shape index (κ3) is 14.0. The van der Waals surface area contributed by atoms with Gasteiger partial charge in [0.25, 0.3) is 17.7 Å². The van der Waals surface area contributed by atoms with Crippen LogP contribution < -0.4 is 50.4 Å². The number of Topliss-reactive ketones (excluding diaryl/α,β-unsaturated/α-hetero) is 3. The van der Waals surface area contributed by atoms with E-state index in [2.05, 4.69) is 30.9 Å². The standard InChI is InChI=1S/C55H64N12O6.ClH/c56-28-4-1-25-53(59,47(68)40-10-7-31-62-34-40)50(71)65-43-19-13-37(14-20-43)46(38-15-21-44(22-16-38)66-51(72)54(60,26-2-5-29-57)48(69)41-11-8-32-63-35-41)39-17-23-45(24-18-39)67-52(73)55(61,27-3-6-30-58)49(70)42-12-9-33-64-36-42;/h7-24,31-36,46H,1-6,25-30,56-61H2,(H,65,71)(H,66,72)(H,67,73);1H/t53-,54-,55-;/m1./s1. The average Bonchev–Trinajstić information content (AvgIpc) is 3.42. The quantitative estimate of drug-likeness (QED) is 0.0135. The highest BCUT2D eigenvalue weighted by atomic mass is 35.5. The summed E-state index contributed by atoms with van der Waals surface area (Å²) in [7, 11) is 0. The van der Waals surface area contributed by atoms with Gasteiger partial charge in [0.1, 0.15) is 0 Å². The van der Waals surface area contributed by atoms with Gasteiger partial charge in [-0.05, 0) is 167 Å². The molecule has 0 spiro atoms. The van der Waals surface area contributed by atoms with E-state index in [0.717, 1.165) is 16.7 Å². The maximum absolute atomic E-state index is 14.0. The van der Waals surface area contributed by atoms with Gasteiger partial charge >= 0.3 is 0 Å². The number of halogens is 1. The second-order valence-electron chi connectivity index (χ2n) is 18.0. The summed E-state index contributed by atoms with van der Waals surface area (Å²) in [6, 6.07) is 30.6. The number of hydrogen-bond acceptors (Lipinski definition) is 15. The molecule has 0 radical (unpaired) electrons. The number of nitrogens with two attached hydrogens (primary N) is 6. The molecule has 3 aromatic carbocycles. The SMILES string of the molecule is Cl.NCCCC[C@](N)(C(=O)Nc1ccc(C(c2ccc(NC(=O)[C@@](N)(CCCCN)C(=O)c3cccnc3)cc2)c2ccc(NC(=O)[C@@](N)(CCCCN)C(=O)c3cccnc3)cc2)cc1)C(=O)c1cccnc1. The lowest BCUT2D eigenvalue weighted by molar-refractivity contribution is -0.120. The van der Waals surface area contributed by atoms with Gasteiger partial charge in [-0.25, -0.2) is 0 Å². The Morgan fingerprint density at radius 3 is 0.878 bits per heavy atom. The first-order valence-corrected chi connectivity index (χ1v) is 24.2. The van der Waals surface area contributed by atoms with Crippen LogP contribution in [0.5, 0.6) is 0 Å². The van der Waals surface area contributed by atoms with Crippen LogP contribution in [0.2, 0.25) is 0 Å². The number of aromatic nitrogens is 3. The fourth-order valence-corrected chi connectivity index (χ4v) is 8.48. The number of carbonyl (C=O) groups excluding carboxylic acids is 6. The Hall–Kier alpha value is -7.42. The summed E-state index contributed by atoms with van der Waals surface area (Å²) < 4.78 is 0. The predicted molar refractivity (Wildman–Crippen MR) is 289 cm³/mol. The molecule has 388 valence electrons. The summed E-state index contributed by atoms with van der Waals surface area (Å²) in [5, 5.41) is 8.54. The smallest absolute Gasteiger partial charge is 0.252 e. The van der Waals surface area contributed by atoms with Crippen molar-refractivity contribution in [3.63, 3.8) is 0 Å². The Morgan fingerprint density at radius 1 is 0.405 bits per heavy atom. The van der Waals surface area contributed by atoms with Gasteiger partial charge in [-0.3, -0.25) is 43.7 Å². The molecule has 18 nitrogen and oxygen atoms in total. The zero-order valence-corrected chi connectivity index (χ0v) is 41.9. The van der Waals surface area contributed by atoms with Crippen molar-refractivity contribution in [3.05, 3.63) is 180 Å². The maximum atomic E-state index is 14.0. The molecule has 0 fully saturated rings. The van der Waals surface area contributed by atoms with Gasteiger partial charge in [0.15, 0.2) is 34.0 Å². The second kappa shape index (κ2) is 27.0. The first-order chi connectivity index (χ1) is 35.2. The molecule has 0 aliphatic heterocycles. The minimum atomic E-state index is -1.91. The van der Waals surface area contributed by atoms with Crippen LogP contribution in [0.3, 0.4) is 0 Å². The molecule has 74 heavy (non-hydrogen) atoms. The van der Waals surface area contributed by atoms with Gasteiger partial charge in [-0.1, -0.05) is 36.4 Å². The van der Waals surface area contributed by atoms with Crippen LogP contribution in [0.25, 0.3) is 0 Å². The van der Waals surface area contributed by atoms with Crippen LogP contribution in [-0.4, -0.2) is 86.3 Å². The molecular formula is C55H65ClN12O6. The molecule has 0 aliphatic rings. The van der Waals surface area contributed by atoms with E-state index in [4.69, 9.17) is 34.4 Å². The fourth-order valence-electron chi connectivity index (χ4n) is 8.48. The van der Waals surface area contributed by atoms with Gasteiger partial charge < -0.3 is 50.4 Å². The van der Waals surface area contributed by atoms with Gasteiger partial charge in [0.2, 0.25) is 0 Å². The summed E-state index contributed by atoms with van der Waals surface area (Å²) in [6.07, 6.45) is 11.9. The molecule has 19 heteroatoms. The summed E-state index contributed by atoms with van der Waals surface area (Å²) in [5.41, 5.74) is 35.5. The van der Waals surface area contributed by atoms with E-state index in [1.54, 1.807) is 72.8 Å². The highest BCUT2D eigenvalue weighted by molar-refractivity contribution is 6.22. The van der Waals surface area contributed by atoms with E-state index < -0.39 is 57.6 Å². The second-order valence-corrected chi connectivity index (χ2v) is 18.0. The molecular weight excluding hydrogens is 960 g/mol. The van der Waals surface area contributed by atoms with Crippen molar-refractivity contribution < 1.29 is 28.8 Å². The minimum Gasteiger partial charge on any atom is -0.330 e. The summed E-state index contributed by atoms with van der Waals surface area (Å²) in [5.74, 6) is -4.27. The Balaban J connectivity index is 0.0000101. The van der Waals surface area contributed by atoms with Crippen molar-refractivity contribution in [1.29, 1.82) is 0 Å². The molecule has 6 rings (SSSR count). The largest absolute Gasteiger partial charge is 0.330 e. The Bertz CT molecular complexity index is 2510. The Labute approximate surface area is 436 Å². The molecule has 0 saturated carbocycles. The van der Waals surface area contributed by atoms with Crippen molar-refractivity contribution in [2.24, 2.45) is 34.4 Å². The minimum absolute atomic E-state index is 0. The predicted octanol–water partition coefficient (Wildman–Crippen LogP) is 5.42. The third-order valence-electron chi connectivity index (χ3n) is 12.8. The van der Waals surface area contributed by atoms with Crippen molar-refractivity contribution in [2.45, 2.75) is 80.3 Å². The lowest BCUT2D eigenvalue weighted by Crippen LogP contribution is -2.57. The Morgan fingerprint density at radius 2 is 0.662 bits per heavy atom. The number of ketones is 3. The van der Waals surface area contributed by atoms with Crippen LogP contribution in [0, 0.1) is 0 Å². The van der Waals surface area contributed by atoms with Crippen LogP contribution in [0.15, 0.2) is 146 Å². The first kappa shape index (κ1) is 57.5. The molecule has 0 unspecified atom stereocenters. The van der Waals surface area contributed by atoms with Gasteiger partial charge in [0.05, 0.1) is 0 Å². The summed E-state index contributed by atoms with van der Waals surface area (Å²) >= 11 is 0.